The number of allylic oxidation sites excluding steroid dienone is 1. The van der Waals surface area contributed by atoms with E-state index in [1.165, 1.54) is 7.11 Å². The number of hydrogen-bond donors (Lipinski definition) is 3. The van der Waals surface area contributed by atoms with Crippen molar-refractivity contribution in [3.05, 3.63) is 11.6 Å². The molecule has 0 saturated carbocycles. The van der Waals surface area contributed by atoms with Crippen LogP contribution in [0.1, 0.15) is 0 Å². The minimum absolute atomic E-state index is 0.299. The van der Waals surface area contributed by atoms with Crippen molar-refractivity contribution >= 4 is 6.21 Å². The van der Waals surface area contributed by atoms with Crippen LogP contribution in [0.25, 0.3) is 0 Å². The lowest BCUT2D eigenvalue weighted by atomic mass is 10.6. The van der Waals surface area contributed by atoms with Crippen LogP contribution in [-0.2, 0) is 4.84 Å². The highest BCUT2D eigenvalue weighted by Crippen LogP contribution is 1.91. The van der Waals surface area contributed by atoms with Gasteiger partial charge < -0.3 is 11.1 Å². The van der Waals surface area contributed by atoms with Gasteiger partial charge in [0.15, 0.2) is 11.6 Å². The third kappa shape index (κ3) is 2.65. The molecule has 0 heterocycles. The molecule has 0 amide bonds. The number of rotatable bonds is 3. The van der Waals surface area contributed by atoms with Crippen molar-refractivity contribution in [1.29, 1.82) is 5.41 Å². The number of hydrogen-bond acceptors (Lipinski definition) is 4. The van der Waals surface area contributed by atoms with Gasteiger partial charge in [0, 0.05) is 0 Å². The van der Waals surface area contributed by atoms with E-state index in [1.807, 2.05) is 5.48 Å². The molecule has 0 spiro atoms. The van der Waals surface area contributed by atoms with Gasteiger partial charge >= 0.3 is 0 Å². The minimum atomic E-state index is -0.850. The number of nitrogens with two attached hydrogens (primary N) is 1. The molecule has 0 fully saturated rings. The third-order valence-electron chi connectivity index (χ3n) is 0.596. The fourth-order valence-electron chi connectivity index (χ4n) is 0.236. The van der Waals surface area contributed by atoms with Crippen molar-refractivity contribution in [2.45, 2.75) is 0 Å². The maximum Gasteiger partial charge on any atom is 0.182 e. The Hall–Kier alpha value is -1.10. The van der Waals surface area contributed by atoms with Crippen molar-refractivity contribution in [3.8, 4) is 0 Å². The van der Waals surface area contributed by atoms with E-state index in [9.17, 15) is 4.39 Å². The zero-order valence-electron chi connectivity index (χ0n) is 4.94. The average Bonchev–Trinajstić information content (AvgIpc) is 1.87. The van der Waals surface area contributed by atoms with Crippen LogP contribution in [0.3, 0.4) is 0 Å². The van der Waals surface area contributed by atoms with Gasteiger partial charge in [0.1, 0.15) is 0 Å². The fourth-order valence-corrected chi connectivity index (χ4v) is 0.236. The highest BCUT2D eigenvalue weighted by atomic mass is 19.1. The summed E-state index contributed by atoms with van der Waals surface area (Å²) in [7, 11) is 1.30. The van der Waals surface area contributed by atoms with Crippen LogP contribution in [0, 0.1) is 5.41 Å². The maximum atomic E-state index is 12.1. The van der Waals surface area contributed by atoms with Crippen LogP contribution in [0.15, 0.2) is 11.6 Å². The maximum absolute atomic E-state index is 12.1. The molecular formula is C4H8FN3O. The third-order valence-corrected chi connectivity index (χ3v) is 0.596. The summed E-state index contributed by atoms with van der Waals surface area (Å²) < 4.78 is 12.1. The molecule has 0 radical (unpaired) electrons. The molecule has 0 unspecified atom stereocenters. The molecule has 5 heteroatoms. The summed E-state index contributed by atoms with van der Waals surface area (Å²) in [5, 5.41) is 6.38. The van der Waals surface area contributed by atoms with E-state index < -0.39 is 5.83 Å². The summed E-state index contributed by atoms with van der Waals surface area (Å²) >= 11 is 0. The first kappa shape index (κ1) is 7.90. The van der Waals surface area contributed by atoms with Gasteiger partial charge in [-0.1, -0.05) is 0 Å². The van der Waals surface area contributed by atoms with Crippen LogP contribution >= 0.6 is 0 Å². The first-order valence-electron chi connectivity index (χ1n) is 2.17. The normalized spacial score (nSPS) is 12.2. The lowest BCUT2D eigenvalue weighted by molar-refractivity contribution is 0.115. The number of nitrogens with one attached hydrogen (secondary N) is 2. The molecule has 4 N–H and O–H groups in total. The zero-order valence-corrected chi connectivity index (χ0v) is 4.94. The second kappa shape index (κ2) is 3.85. The monoisotopic (exact) mass is 133 g/mol. The van der Waals surface area contributed by atoms with Crippen LogP contribution < -0.4 is 11.2 Å². The Bertz CT molecular complexity index is 134. The molecule has 52 valence electrons. The molecule has 0 aromatic heterocycles. The quantitative estimate of drug-likeness (QED) is 0.371. The zero-order chi connectivity index (χ0) is 7.28. The smallest absolute Gasteiger partial charge is 0.182 e. The summed E-state index contributed by atoms with van der Waals surface area (Å²) in [6.07, 6.45) is 0.487. The van der Waals surface area contributed by atoms with Crippen LogP contribution in [0.2, 0.25) is 0 Å². The molecule has 0 aromatic carbocycles. The highest BCUT2D eigenvalue weighted by molar-refractivity contribution is 5.73. The van der Waals surface area contributed by atoms with Gasteiger partial charge in [0.05, 0.1) is 13.3 Å². The van der Waals surface area contributed by atoms with Crippen molar-refractivity contribution in [1.82, 2.24) is 5.48 Å². The molecule has 0 rings (SSSR count). The van der Waals surface area contributed by atoms with Gasteiger partial charge in [0.25, 0.3) is 0 Å². The molecule has 0 aliphatic heterocycles. The summed E-state index contributed by atoms with van der Waals surface area (Å²) in [6.45, 7) is 0. The first-order valence-corrected chi connectivity index (χ1v) is 2.17. The molecule has 0 aliphatic rings. The number of halogens is 1. The Morgan fingerprint density at radius 2 is 2.44 bits per heavy atom. The Balaban J connectivity index is 3.93. The average molecular weight is 133 g/mol. The molecular weight excluding hydrogens is 125 g/mol. The van der Waals surface area contributed by atoms with Crippen LogP contribution in [-0.4, -0.2) is 13.3 Å². The van der Waals surface area contributed by atoms with E-state index in [2.05, 4.69) is 4.84 Å². The fraction of sp³-hybridized carbons (Fsp3) is 0.250. The Kier molecular flexibility index (Phi) is 3.38. The highest BCUT2D eigenvalue weighted by Gasteiger charge is 1.94. The predicted molar refractivity (Wildman–Crippen MR) is 31.2 cm³/mol. The second-order valence-corrected chi connectivity index (χ2v) is 1.21. The van der Waals surface area contributed by atoms with E-state index in [0.29, 0.717) is 6.21 Å². The molecule has 9 heavy (non-hydrogen) atoms. The van der Waals surface area contributed by atoms with E-state index in [4.69, 9.17) is 11.1 Å². The Morgan fingerprint density at radius 1 is 1.89 bits per heavy atom. The second-order valence-electron chi connectivity index (χ2n) is 1.21. The van der Waals surface area contributed by atoms with Crippen molar-refractivity contribution in [2.24, 2.45) is 5.73 Å². The van der Waals surface area contributed by atoms with Gasteiger partial charge in [-0.05, 0) is 0 Å². The molecule has 0 aliphatic carbocycles. The SMILES string of the molecule is CON/C(N)=C(\F)C=N. The van der Waals surface area contributed by atoms with Gasteiger partial charge in [-0.25, -0.2) is 9.87 Å². The van der Waals surface area contributed by atoms with E-state index in [-0.39, 0.29) is 5.82 Å². The molecule has 4 nitrogen and oxygen atoms in total. The van der Waals surface area contributed by atoms with Gasteiger partial charge in [0.2, 0.25) is 0 Å². The predicted octanol–water partition coefficient (Wildman–Crippen LogP) is -0.116. The van der Waals surface area contributed by atoms with Crippen LogP contribution in [0.4, 0.5) is 4.39 Å². The molecule has 0 saturated heterocycles. The van der Waals surface area contributed by atoms with E-state index in [1.54, 1.807) is 0 Å². The summed E-state index contributed by atoms with van der Waals surface area (Å²) in [4.78, 5) is 4.25. The van der Waals surface area contributed by atoms with E-state index >= 15 is 0 Å². The number of hydroxylamine groups is 1. The van der Waals surface area contributed by atoms with Gasteiger partial charge in [-0.2, -0.15) is 0 Å². The van der Waals surface area contributed by atoms with Gasteiger partial charge in [-0.3, -0.25) is 4.84 Å². The topological polar surface area (TPSA) is 71.1 Å². The molecule has 0 atom stereocenters. The summed E-state index contributed by atoms with van der Waals surface area (Å²) in [5.74, 6) is -1.15. The Morgan fingerprint density at radius 3 is 2.78 bits per heavy atom. The summed E-state index contributed by atoms with van der Waals surface area (Å²) in [5.41, 5.74) is 6.98. The lowest BCUT2D eigenvalue weighted by Gasteiger charge is -2.00. The largest absolute Gasteiger partial charge is 0.381 e. The van der Waals surface area contributed by atoms with Gasteiger partial charge in [-0.15, -0.1) is 0 Å². The Labute approximate surface area is 52.0 Å². The van der Waals surface area contributed by atoms with Crippen LogP contribution in [0.5, 0.6) is 0 Å². The standard InChI is InChI=1S/C4H8FN3O/c1-9-8-4(7)3(5)2-6/h2,6,8H,7H2,1H3/b4-3-,6-2?. The first-order chi connectivity index (χ1) is 4.22. The van der Waals surface area contributed by atoms with Crippen molar-refractivity contribution in [2.75, 3.05) is 7.11 Å². The minimum Gasteiger partial charge on any atom is -0.381 e. The van der Waals surface area contributed by atoms with Crippen molar-refractivity contribution in [3.63, 3.8) is 0 Å². The van der Waals surface area contributed by atoms with Crippen molar-refractivity contribution < 1.29 is 9.23 Å². The summed E-state index contributed by atoms with van der Waals surface area (Å²) in [6, 6.07) is 0. The molecule has 0 bridgehead atoms. The molecule has 0 aromatic rings. The van der Waals surface area contributed by atoms with E-state index in [0.717, 1.165) is 0 Å². The lowest BCUT2D eigenvalue weighted by Crippen LogP contribution is -2.20.